The summed E-state index contributed by atoms with van der Waals surface area (Å²) in [5, 5.41) is 3.66. The fraction of sp³-hybridized carbons (Fsp3) is 0.471. The zero-order chi connectivity index (χ0) is 13.9. The number of hydrogen-bond donors (Lipinski definition) is 1. The average Bonchev–Trinajstić information content (AvgIpc) is 3.04. The molecule has 1 aliphatic carbocycles. The predicted octanol–water partition coefficient (Wildman–Crippen LogP) is 3.00. The molecular formula is C17H23N3. The highest BCUT2D eigenvalue weighted by molar-refractivity contribution is 5.42. The van der Waals surface area contributed by atoms with Crippen LogP contribution in [-0.2, 0) is 19.9 Å². The first kappa shape index (κ1) is 13.4. The molecule has 1 aromatic heterocycles. The smallest absolute Gasteiger partial charge is 0.112 e. The molecule has 0 bridgehead atoms. The van der Waals surface area contributed by atoms with Crippen LogP contribution in [0.2, 0.25) is 0 Å². The molecule has 0 fully saturated rings. The minimum Gasteiger partial charge on any atom is -0.338 e. The number of benzene rings is 1. The largest absolute Gasteiger partial charge is 0.338 e. The second kappa shape index (κ2) is 5.80. The summed E-state index contributed by atoms with van der Waals surface area (Å²) in [6, 6.07) is 7.29. The average molecular weight is 269 g/mol. The molecule has 2 aromatic rings. The van der Waals surface area contributed by atoms with Crippen LogP contribution in [0.15, 0.2) is 30.6 Å². The van der Waals surface area contributed by atoms with Crippen molar-refractivity contribution in [2.75, 3.05) is 6.54 Å². The van der Waals surface area contributed by atoms with Crippen LogP contribution in [0, 0.1) is 0 Å². The van der Waals surface area contributed by atoms with Gasteiger partial charge in [0.15, 0.2) is 0 Å². The molecule has 106 valence electrons. The minimum atomic E-state index is 0.547. The number of aryl methyl sites for hydroxylation is 1. The number of imidazole rings is 1. The van der Waals surface area contributed by atoms with Crippen molar-refractivity contribution in [3.8, 4) is 0 Å². The third kappa shape index (κ3) is 2.50. The van der Waals surface area contributed by atoms with Crippen LogP contribution in [-0.4, -0.2) is 16.1 Å². The summed E-state index contributed by atoms with van der Waals surface area (Å²) in [4.78, 5) is 4.45. The van der Waals surface area contributed by atoms with Gasteiger partial charge in [0.05, 0.1) is 0 Å². The van der Waals surface area contributed by atoms with Crippen molar-refractivity contribution in [2.45, 2.75) is 38.6 Å². The number of aromatic nitrogens is 2. The van der Waals surface area contributed by atoms with Gasteiger partial charge >= 0.3 is 0 Å². The first-order chi connectivity index (χ1) is 9.79. The van der Waals surface area contributed by atoms with E-state index < -0.39 is 0 Å². The van der Waals surface area contributed by atoms with Gasteiger partial charge in [-0.15, -0.1) is 0 Å². The van der Waals surface area contributed by atoms with E-state index in [-0.39, 0.29) is 0 Å². The van der Waals surface area contributed by atoms with E-state index in [1.807, 2.05) is 12.4 Å². The van der Waals surface area contributed by atoms with Crippen molar-refractivity contribution in [2.24, 2.45) is 7.05 Å². The van der Waals surface area contributed by atoms with E-state index in [0.717, 1.165) is 18.8 Å². The lowest BCUT2D eigenvalue weighted by atomic mass is 9.99. The van der Waals surface area contributed by atoms with Crippen molar-refractivity contribution in [1.29, 1.82) is 0 Å². The van der Waals surface area contributed by atoms with Crippen molar-refractivity contribution in [3.63, 3.8) is 0 Å². The maximum Gasteiger partial charge on any atom is 0.112 e. The van der Waals surface area contributed by atoms with Gasteiger partial charge in [0.25, 0.3) is 0 Å². The maximum absolute atomic E-state index is 4.45. The van der Waals surface area contributed by atoms with Crippen molar-refractivity contribution >= 4 is 0 Å². The summed E-state index contributed by atoms with van der Waals surface area (Å²) >= 11 is 0. The van der Waals surface area contributed by atoms with Gasteiger partial charge in [0, 0.05) is 31.9 Å². The number of rotatable bonds is 5. The molecule has 3 rings (SSSR count). The Morgan fingerprint density at radius 1 is 1.40 bits per heavy atom. The SMILES string of the molecule is CCCNC1CCc2c(Cc3nccn3C)cccc21. The van der Waals surface area contributed by atoms with E-state index in [1.54, 1.807) is 5.56 Å². The quantitative estimate of drug-likeness (QED) is 0.904. The maximum atomic E-state index is 4.45. The molecule has 1 N–H and O–H groups in total. The van der Waals surface area contributed by atoms with Crippen LogP contribution < -0.4 is 5.32 Å². The lowest BCUT2D eigenvalue weighted by Crippen LogP contribution is -2.19. The highest BCUT2D eigenvalue weighted by atomic mass is 15.0. The third-order valence-electron chi connectivity index (χ3n) is 4.28. The van der Waals surface area contributed by atoms with Crippen LogP contribution in [0.4, 0.5) is 0 Å². The van der Waals surface area contributed by atoms with E-state index >= 15 is 0 Å². The van der Waals surface area contributed by atoms with Crippen molar-refractivity contribution in [1.82, 2.24) is 14.9 Å². The van der Waals surface area contributed by atoms with E-state index in [9.17, 15) is 0 Å². The van der Waals surface area contributed by atoms with Gasteiger partial charge in [-0.1, -0.05) is 25.1 Å². The fourth-order valence-corrected chi connectivity index (χ4v) is 3.16. The molecule has 0 saturated heterocycles. The number of fused-ring (bicyclic) bond motifs is 1. The van der Waals surface area contributed by atoms with Gasteiger partial charge in [0.1, 0.15) is 5.82 Å². The second-order valence-electron chi connectivity index (χ2n) is 5.66. The Balaban J connectivity index is 1.84. The Bertz CT molecular complexity index is 586. The molecule has 1 aliphatic rings. The summed E-state index contributed by atoms with van der Waals surface area (Å²) < 4.78 is 2.11. The fourth-order valence-electron chi connectivity index (χ4n) is 3.16. The second-order valence-corrected chi connectivity index (χ2v) is 5.66. The van der Waals surface area contributed by atoms with Crippen molar-refractivity contribution in [3.05, 3.63) is 53.1 Å². The van der Waals surface area contributed by atoms with Gasteiger partial charge < -0.3 is 9.88 Å². The first-order valence-corrected chi connectivity index (χ1v) is 7.60. The van der Waals surface area contributed by atoms with E-state index in [1.165, 1.54) is 30.4 Å². The van der Waals surface area contributed by atoms with Crippen LogP contribution in [0.25, 0.3) is 0 Å². The Morgan fingerprint density at radius 2 is 2.30 bits per heavy atom. The lowest BCUT2D eigenvalue weighted by molar-refractivity contribution is 0.529. The molecule has 0 saturated carbocycles. The Hall–Kier alpha value is -1.61. The molecule has 3 nitrogen and oxygen atoms in total. The molecule has 0 radical (unpaired) electrons. The van der Waals surface area contributed by atoms with Gasteiger partial charge in [0.2, 0.25) is 0 Å². The molecule has 0 spiro atoms. The molecule has 0 aliphatic heterocycles. The van der Waals surface area contributed by atoms with Crippen LogP contribution in [0.5, 0.6) is 0 Å². The normalized spacial score (nSPS) is 17.4. The highest BCUT2D eigenvalue weighted by Gasteiger charge is 2.23. The summed E-state index contributed by atoms with van der Waals surface area (Å²) in [5.41, 5.74) is 4.49. The topological polar surface area (TPSA) is 29.9 Å². The number of hydrogen-bond acceptors (Lipinski definition) is 2. The van der Waals surface area contributed by atoms with Gasteiger partial charge in [-0.3, -0.25) is 0 Å². The minimum absolute atomic E-state index is 0.547. The summed E-state index contributed by atoms with van der Waals surface area (Å²) in [6.45, 7) is 3.33. The van der Waals surface area contributed by atoms with E-state index in [4.69, 9.17) is 0 Å². The molecule has 1 aromatic carbocycles. The summed E-state index contributed by atoms with van der Waals surface area (Å²) in [7, 11) is 2.07. The zero-order valence-corrected chi connectivity index (χ0v) is 12.4. The Morgan fingerprint density at radius 3 is 3.05 bits per heavy atom. The number of nitrogens with zero attached hydrogens (tertiary/aromatic N) is 2. The third-order valence-corrected chi connectivity index (χ3v) is 4.28. The van der Waals surface area contributed by atoms with Gasteiger partial charge in [-0.25, -0.2) is 4.98 Å². The molecule has 1 atom stereocenters. The number of nitrogens with one attached hydrogen (secondary N) is 1. The van der Waals surface area contributed by atoms with E-state index in [2.05, 4.69) is 47.0 Å². The Labute approximate surface area is 121 Å². The summed E-state index contributed by atoms with van der Waals surface area (Å²) in [5.74, 6) is 1.14. The standard InChI is InChI=1S/C17H23N3/c1-3-9-18-16-8-7-14-13(5-4-6-15(14)16)12-17-19-10-11-20(17)2/h4-6,10-11,16,18H,3,7-9,12H2,1-2H3. The Kier molecular flexibility index (Phi) is 3.88. The van der Waals surface area contributed by atoms with Crippen LogP contribution in [0.3, 0.4) is 0 Å². The lowest BCUT2D eigenvalue weighted by Gasteiger charge is -2.14. The molecule has 3 heteroatoms. The predicted molar refractivity (Wildman–Crippen MR) is 81.8 cm³/mol. The van der Waals surface area contributed by atoms with Crippen molar-refractivity contribution < 1.29 is 0 Å². The first-order valence-electron chi connectivity index (χ1n) is 7.60. The van der Waals surface area contributed by atoms with Gasteiger partial charge in [-0.2, -0.15) is 0 Å². The van der Waals surface area contributed by atoms with Crippen LogP contribution >= 0.6 is 0 Å². The zero-order valence-electron chi connectivity index (χ0n) is 12.4. The summed E-state index contributed by atoms with van der Waals surface area (Å²) in [6.07, 6.45) is 8.45. The van der Waals surface area contributed by atoms with E-state index in [0.29, 0.717) is 6.04 Å². The molecule has 1 heterocycles. The molecule has 1 unspecified atom stereocenters. The highest BCUT2D eigenvalue weighted by Crippen LogP contribution is 2.34. The van der Waals surface area contributed by atoms with Crippen LogP contribution in [0.1, 0.15) is 48.3 Å². The molecular weight excluding hydrogens is 246 g/mol. The monoisotopic (exact) mass is 269 g/mol. The van der Waals surface area contributed by atoms with Gasteiger partial charge in [-0.05, 0) is 42.5 Å². The molecule has 20 heavy (non-hydrogen) atoms. The molecule has 0 amide bonds.